The number of hydrogen-bond acceptors (Lipinski definition) is 5. The van der Waals surface area contributed by atoms with Crippen molar-refractivity contribution in [3.8, 4) is 0 Å². The molecule has 0 saturated carbocycles. The number of likely N-dealkylation sites (N-methyl/N-ethyl adjacent to an activating group) is 1. The number of nitrogens with zero attached hydrogens (tertiary/aromatic N) is 4. The highest BCUT2D eigenvalue weighted by Crippen LogP contribution is 2.45. The third-order valence-corrected chi connectivity index (χ3v) is 8.16. The molecule has 34 heavy (non-hydrogen) atoms. The van der Waals surface area contributed by atoms with Crippen LogP contribution in [0, 0.1) is 11.7 Å². The van der Waals surface area contributed by atoms with E-state index >= 15 is 0 Å². The molecule has 1 aromatic carbocycles. The molecule has 1 saturated heterocycles. The van der Waals surface area contributed by atoms with Crippen LogP contribution in [0.2, 0.25) is 5.02 Å². The molecule has 4 heterocycles. The Bertz CT molecular complexity index is 1130. The van der Waals surface area contributed by atoms with E-state index in [1.54, 1.807) is 24.8 Å². The van der Waals surface area contributed by atoms with Gasteiger partial charge in [-0.15, -0.1) is 0 Å². The SMILES string of the molecule is CC(F)CCC1C=CC(C2=C3CC(C)CN3C(C3SC=CN3C)=N[C@H]2c2ccc(F)cc2Cl)=N1. The zero-order valence-corrected chi connectivity index (χ0v) is 21.2. The van der Waals surface area contributed by atoms with Gasteiger partial charge in [0.25, 0.3) is 0 Å². The number of halogens is 3. The maximum Gasteiger partial charge on any atom is 0.138 e. The van der Waals surface area contributed by atoms with Gasteiger partial charge in [0.2, 0.25) is 0 Å². The Labute approximate surface area is 209 Å². The molecule has 0 bridgehead atoms. The molecule has 1 fully saturated rings. The van der Waals surface area contributed by atoms with Crippen LogP contribution in [0.3, 0.4) is 0 Å². The van der Waals surface area contributed by atoms with Crippen molar-refractivity contribution >= 4 is 34.9 Å². The Balaban J connectivity index is 1.61. The fraction of sp³-hybridized carbons (Fsp3) is 0.462. The predicted octanol–water partition coefficient (Wildman–Crippen LogP) is 6.52. The summed E-state index contributed by atoms with van der Waals surface area (Å²) in [5, 5.41) is 2.52. The van der Waals surface area contributed by atoms with Gasteiger partial charge in [0.05, 0.1) is 17.9 Å². The molecular formula is C26H29ClF2N4S. The topological polar surface area (TPSA) is 31.2 Å². The fourth-order valence-corrected chi connectivity index (χ4v) is 6.34. The van der Waals surface area contributed by atoms with Crippen LogP contribution in [0.25, 0.3) is 0 Å². The number of fused-ring (bicyclic) bond motifs is 1. The van der Waals surface area contributed by atoms with Crippen LogP contribution >= 0.6 is 23.4 Å². The summed E-state index contributed by atoms with van der Waals surface area (Å²) in [5.74, 6) is 1.10. The average Bonchev–Trinajstić information content (AvgIpc) is 3.51. The van der Waals surface area contributed by atoms with Crippen LogP contribution in [0.5, 0.6) is 0 Å². The third kappa shape index (κ3) is 4.44. The van der Waals surface area contributed by atoms with Crippen molar-refractivity contribution in [2.24, 2.45) is 15.9 Å². The molecule has 0 radical (unpaired) electrons. The van der Waals surface area contributed by atoms with E-state index in [0.717, 1.165) is 35.6 Å². The lowest BCUT2D eigenvalue weighted by Crippen LogP contribution is -2.44. The molecule has 180 valence electrons. The summed E-state index contributed by atoms with van der Waals surface area (Å²) in [7, 11) is 2.06. The summed E-state index contributed by atoms with van der Waals surface area (Å²) < 4.78 is 27.4. The quantitative estimate of drug-likeness (QED) is 0.443. The minimum atomic E-state index is -0.844. The number of amidine groups is 1. The van der Waals surface area contributed by atoms with Crippen molar-refractivity contribution < 1.29 is 8.78 Å². The van der Waals surface area contributed by atoms with Gasteiger partial charge in [-0.05, 0) is 55.7 Å². The molecule has 0 N–H and O–H groups in total. The molecule has 0 spiro atoms. The van der Waals surface area contributed by atoms with Gasteiger partial charge >= 0.3 is 0 Å². The van der Waals surface area contributed by atoms with Gasteiger partial charge in [0, 0.05) is 41.6 Å². The Morgan fingerprint density at radius 3 is 2.82 bits per heavy atom. The average molecular weight is 503 g/mol. The van der Waals surface area contributed by atoms with E-state index in [4.69, 9.17) is 21.6 Å². The molecule has 0 aliphatic carbocycles. The maximum atomic E-state index is 13.9. The molecule has 4 aliphatic rings. The summed E-state index contributed by atoms with van der Waals surface area (Å²) in [5.41, 5.74) is 3.90. The largest absolute Gasteiger partial charge is 0.361 e. The summed E-state index contributed by atoms with van der Waals surface area (Å²) in [6.07, 6.45) is 7.39. The minimum absolute atomic E-state index is 0.0380. The van der Waals surface area contributed by atoms with Gasteiger partial charge in [-0.2, -0.15) is 0 Å². The van der Waals surface area contributed by atoms with Gasteiger partial charge in [-0.25, -0.2) is 8.78 Å². The maximum absolute atomic E-state index is 13.9. The standard InChI is InChI=1S/C26H29ClF2N4S/c1-15-12-22-23(21-9-7-18(30-21)6-4-16(2)28)24(19-8-5-17(29)13-20(19)27)31-25(33(22)14-15)26-32(3)10-11-34-26/h5,7-11,13,15-16,18,24,26H,4,6,12,14H2,1-3H3/t15?,16?,18?,24-,26?/m0/s1. The first-order valence-electron chi connectivity index (χ1n) is 11.8. The van der Waals surface area contributed by atoms with E-state index in [1.165, 1.54) is 17.8 Å². The van der Waals surface area contributed by atoms with Gasteiger partial charge in [0.1, 0.15) is 23.1 Å². The molecule has 4 aliphatic heterocycles. The fourth-order valence-electron chi connectivity index (χ4n) is 5.08. The number of aliphatic imine (C=N–C) groups is 2. The van der Waals surface area contributed by atoms with Gasteiger partial charge in [-0.3, -0.25) is 9.98 Å². The third-order valence-electron chi connectivity index (χ3n) is 6.75. The van der Waals surface area contributed by atoms with E-state index in [9.17, 15) is 8.78 Å². The van der Waals surface area contributed by atoms with Crippen LogP contribution in [-0.2, 0) is 0 Å². The lowest BCUT2D eigenvalue weighted by Gasteiger charge is -2.37. The normalized spacial score (nSPS) is 29.1. The van der Waals surface area contributed by atoms with Crippen LogP contribution in [0.15, 0.2) is 63.2 Å². The number of benzene rings is 1. The van der Waals surface area contributed by atoms with Crippen LogP contribution in [0.4, 0.5) is 8.78 Å². The molecule has 5 rings (SSSR count). The monoisotopic (exact) mass is 502 g/mol. The lowest BCUT2D eigenvalue weighted by molar-refractivity contribution is 0.331. The van der Waals surface area contributed by atoms with E-state index in [-0.39, 0.29) is 23.3 Å². The number of rotatable bonds is 6. The van der Waals surface area contributed by atoms with Crippen LogP contribution in [-0.4, -0.2) is 52.5 Å². The van der Waals surface area contributed by atoms with E-state index < -0.39 is 6.17 Å². The second-order valence-corrected chi connectivity index (χ2v) is 11.0. The summed E-state index contributed by atoms with van der Waals surface area (Å²) in [4.78, 5) is 14.8. The lowest BCUT2D eigenvalue weighted by atomic mass is 9.90. The van der Waals surface area contributed by atoms with E-state index in [0.29, 0.717) is 23.8 Å². The van der Waals surface area contributed by atoms with Crippen molar-refractivity contribution in [1.82, 2.24) is 9.80 Å². The molecule has 4 nitrogen and oxygen atoms in total. The Kier molecular flexibility index (Phi) is 6.60. The smallest absolute Gasteiger partial charge is 0.138 e. The number of alkyl halides is 1. The molecule has 1 aromatic rings. The van der Waals surface area contributed by atoms with Crippen LogP contribution < -0.4 is 0 Å². The summed E-state index contributed by atoms with van der Waals surface area (Å²) >= 11 is 8.31. The first-order valence-corrected chi connectivity index (χ1v) is 13.1. The Hall–Kier alpha value is -2.12. The second-order valence-electron chi connectivity index (χ2n) is 9.57. The van der Waals surface area contributed by atoms with E-state index in [1.807, 2.05) is 6.08 Å². The predicted molar refractivity (Wildman–Crippen MR) is 138 cm³/mol. The molecule has 8 heteroatoms. The Morgan fingerprint density at radius 2 is 2.12 bits per heavy atom. The molecule has 5 atom stereocenters. The molecular weight excluding hydrogens is 474 g/mol. The zero-order chi connectivity index (χ0) is 24.0. The van der Waals surface area contributed by atoms with Gasteiger partial charge in [0.15, 0.2) is 0 Å². The zero-order valence-electron chi connectivity index (χ0n) is 19.6. The number of thioether (sulfide) groups is 1. The molecule has 4 unspecified atom stereocenters. The molecule has 0 aromatic heterocycles. The first kappa shape index (κ1) is 23.6. The van der Waals surface area contributed by atoms with E-state index in [2.05, 4.69) is 41.5 Å². The highest BCUT2D eigenvalue weighted by atomic mass is 35.5. The van der Waals surface area contributed by atoms with Crippen molar-refractivity contribution in [2.45, 2.75) is 56.7 Å². The van der Waals surface area contributed by atoms with Crippen molar-refractivity contribution in [3.63, 3.8) is 0 Å². The van der Waals surface area contributed by atoms with Gasteiger partial charge in [-0.1, -0.05) is 42.4 Å². The Morgan fingerprint density at radius 1 is 1.29 bits per heavy atom. The molecule has 0 amide bonds. The summed E-state index contributed by atoms with van der Waals surface area (Å²) in [6.45, 7) is 4.73. The first-order chi connectivity index (χ1) is 16.3. The van der Waals surface area contributed by atoms with Crippen LogP contribution in [0.1, 0.15) is 44.7 Å². The minimum Gasteiger partial charge on any atom is -0.361 e. The second kappa shape index (κ2) is 9.50. The van der Waals surface area contributed by atoms with Crippen molar-refractivity contribution in [3.05, 3.63) is 69.6 Å². The summed E-state index contributed by atoms with van der Waals surface area (Å²) in [6, 6.07) is 4.12. The van der Waals surface area contributed by atoms with Crippen molar-refractivity contribution in [1.29, 1.82) is 0 Å². The number of allylic oxidation sites excluding steroid dienone is 2. The van der Waals surface area contributed by atoms with Crippen molar-refractivity contribution in [2.75, 3.05) is 13.6 Å². The highest BCUT2D eigenvalue weighted by molar-refractivity contribution is 8.03. The highest BCUT2D eigenvalue weighted by Gasteiger charge is 2.42. The van der Waals surface area contributed by atoms with Gasteiger partial charge < -0.3 is 9.80 Å². The number of hydrogen-bond donors (Lipinski definition) is 0.